The van der Waals surface area contributed by atoms with Crippen molar-refractivity contribution in [3.8, 4) is 6.07 Å². The summed E-state index contributed by atoms with van der Waals surface area (Å²) in [6.45, 7) is 0. The Hall–Kier alpha value is -2.90. The number of halogens is 1. The molecule has 0 spiro atoms. The van der Waals surface area contributed by atoms with E-state index in [0.29, 0.717) is 16.1 Å². The van der Waals surface area contributed by atoms with Gasteiger partial charge in [-0.25, -0.2) is 9.79 Å². The number of benzene rings is 2. The Labute approximate surface area is 131 Å². The lowest BCUT2D eigenvalue weighted by Gasteiger charge is -2.00. The molecular formula is C17H9ClN2O2. The Morgan fingerprint density at radius 2 is 1.86 bits per heavy atom. The molecule has 22 heavy (non-hydrogen) atoms. The van der Waals surface area contributed by atoms with E-state index in [1.165, 1.54) is 0 Å². The average Bonchev–Trinajstić information content (AvgIpc) is 2.89. The van der Waals surface area contributed by atoms with E-state index < -0.39 is 5.97 Å². The van der Waals surface area contributed by atoms with Gasteiger partial charge in [0.15, 0.2) is 5.70 Å². The number of nitrogens with zero attached hydrogens (tertiary/aromatic N) is 2. The molecule has 0 bridgehead atoms. The normalized spacial score (nSPS) is 15.4. The van der Waals surface area contributed by atoms with Crippen LogP contribution in [0.1, 0.15) is 16.7 Å². The van der Waals surface area contributed by atoms with Crippen LogP contribution in [0.15, 0.2) is 59.2 Å². The van der Waals surface area contributed by atoms with Gasteiger partial charge in [0.05, 0.1) is 22.2 Å². The van der Waals surface area contributed by atoms with Crippen LogP contribution in [-0.2, 0) is 9.53 Å². The molecule has 5 heteroatoms. The molecule has 3 rings (SSSR count). The minimum absolute atomic E-state index is 0.190. The van der Waals surface area contributed by atoms with Crippen LogP contribution in [0, 0.1) is 11.3 Å². The number of carbonyl (C=O) groups excluding carboxylic acids is 1. The molecule has 0 aromatic heterocycles. The molecular weight excluding hydrogens is 300 g/mol. The molecule has 1 aliphatic heterocycles. The maximum atomic E-state index is 11.9. The van der Waals surface area contributed by atoms with Gasteiger partial charge >= 0.3 is 5.97 Å². The van der Waals surface area contributed by atoms with Crippen LogP contribution < -0.4 is 0 Å². The highest BCUT2D eigenvalue weighted by Gasteiger charge is 2.25. The van der Waals surface area contributed by atoms with Gasteiger partial charge in [0.2, 0.25) is 5.90 Å². The van der Waals surface area contributed by atoms with Crippen molar-refractivity contribution in [3.05, 3.63) is 75.9 Å². The zero-order valence-electron chi connectivity index (χ0n) is 11.3. The van der Waals surface area contributed by atoms with Crippen molar-refractivity contribution in [1.29, 1.82) is 5.26 Å². The van der Waals surface area contributed by atoms with Gasteiger partial charge in [-0.1, -0.05) is 35.9 Å². The Kier molecular flexibility index (Phi) is 3.73. The summed E-state index contributed by atoms with van der Waals surface area (Å²) >= 11 is 6.07. The van der Waals surface area contributed by atoms with E-state index in [1.807, 2.05) is 6.07 Å². The van der Waals surface area contributed by atoms with E-state index in [0.717, 1.165) is 5.56 Å². The standard InChI is InChI=1S/C17H9ClN2O2/c18-14-4-2-1-3-13(14)16-20-15(17(21)22-16)9-11-5-7-12(10-19)8-6-11/h1-9H/b15-9+. The van der Waals surface area contributed by atoms with Crippen LogP contribution in [-0.4, -0.2) is 11.9 Å². The number of hydrogen-bond donors (Lipinski definition) is 0. The number of nitriles is 1. The monoisotopic (exact) mass is 308 g/mol. The molecule has 1 heterocycles. The van der Waals surface area contributed by atoms with Crippen LogP contribution >= 0.6 is 11.6 Å². The fourth-order valence-corrected chi connectivity index (χ4v) is 2.19. The molecule has 0 fully saturated rings. The molecule has 0 unspecified atom stereocenters. The van der Waals surface area contributed by atoms with Gasteiger partial charge in [0, 0.05) is 0 Å². The summed E-state index contributed by atoms with van der Waals surface area (Å²) in [5.74, 6) is -0.338. The first-order valence-corrected chi connectivity index (χ1v) is 6.83. The minimum atomic E-state index is -0.528. The van der Waals surface area contributed by atoms with Crippen molar-refractivity contribution >= 4 is 29.5 Å². The van der Waals surface area contributed by atoms with E-state index in [9.17, 15) is 4.79 Å². The predicted octanol–water partition coefficient (Wildman–Crippen LogP) is 3.56. The Bertz CT molecular complexity index is 846. The van der Waals surface area contributed by atoms with Crippen LogP contribution in [0.3, 0.4) is 0 Å². The smallest absolute Gasteiger partial charge is 0.363 e. The summed E-state index contributed by atoms with van der Waals surface area (Å²) in [4.78, 5) is 16.1. The zero-order valence-corrected chi connectivity index (χ0v) is 12.0. The Balaban J connectivity index is 1.94. The number of ether oxygens (including phenoxy) is 1. The number of rotatable bonds is 2. The molecule has 0 saturated heterocycles. The first-order valence-electron chi connectivity index (χ1n) is 6.45. The summed E-state index contributed by atoms with van der Waals surface area (Å²) in [6.07, 6.45) is 1.60. The van der Waals surface area contributed by atoms with Gasteiger partial charge in [-0.05, 0) is 35.9 Å². The minimum Gasteiger partial charge on any atom is -0.402 e. The lowest BCUT2D eigenvalue weighted by molar-refractivity contribution is -0.129. The second-order valence-corrected chi connectivity index (χ2v) is 4.96. The quantitative estimate of drug-likeness (QED) is 0.629. The van der Waals surface area contributed by atoms with E-state index >= 15 is 0 Å². The first-order chi connectivity index (χ1) is 10.7. The third-order valence-corrected chi connectivity index (χ3v) is 3.40. The Morgan fingerprint density at radius 3 is 2.55 bits per heavy atom. The molecule has 2 aromatic rings. The highest BCUT2D eigenvalue weighted by Crippen LogP contribution is 2.23. The van der Waals surface area contributed by atoms with Gasteiger partial charge in [0.1, 0.15) is 0 Å². The van der Waals surface area contributed by atoms with E-state index in [4.69, 9.17) is 21.6 Å². The van der Waals surface area contributed by atoms with Crippen LogP contribution in [0.4, 0.5) is 0 Å². The van der Waals surface area contributed by atoms with Gasteiger partial charge < -0.3 is 4.74 Å². The van der Waals surface area contributed by atoms with E-state index in [2.05, 4.69) is 4.99 Å². The number of hydrogen-bond acceptors (Lipinski definition) is 4. The fraction of sp³-hybridized carbons (Fsp3) is 0. The number of esters is 1. The molecule has 0 radical (unpaired) electrons. The SMILES string of the molecule is N#Cc1ccc(/C=C2/N=C(c3ccccc3Cl)OC2=O)cc1. The summed E-state index contributed by atoms with van der Waals surface area (Å²) in [5.41, 5.74) is 2.08. The van der Waals surface area contributed by atoms with Crippen molar-refractivity contribution in [3.63, 3.8) is 0 Å². The second kappa shape index (κ2) is 5.84. The number of cyclic esters (lactones) is 1. The lowest BCUT2D eigenvalue weighted by Crippen LogP contribution is -2.05. The summed E-state index contributed by atoms with van der Waals surface area (Å²) in [6, 6.07) is 15.9. The fourth-order valence-electron chi connectivity index (χ4n) is 1.97. The largest absolute Gasteiger partial charge is 0.402 e. The van der Waals surface area contributed by atoms with Crippen LogP contribution in [0.25, 0.3) is 6.08 Å². The molecule has 0 amide bonds. The van der Waals surface area contributed by atoms with Crippen molar-refractivity contribution in [1.82, 2.24) is 0 Å². The topological polar surface area (TPSA) is 62.4 Å². The average molecular weight is 309 g/mol. The maximum Gasteiger partial charge on any atom is 0.363 e. The highest BCUT2D eigenvalue weighted by molar-refractivity contribution is 6.34. The van der Waals surface area contributed by atoms with Gasteiger partial charge in [-0.3, -0.25) is 0 Å². The molecule has 0 aliphatic carbocycles. The summed E-state index contributed by atoms with van der Waals surface area (Å²) in [5, 5.41) is 9.23. The molecule has 0 N–H and O–H groups in total. The van der Waals surface area contributed by atoms with Crippen LogP contribution in [0.5, 0.6) is 0 Å². The van der Waals surface area contributed by atoms with Gasteiger partial charge in [-0.2, -0.15) is 5.26 Å². The van der Waals surface area contributed by atoms with Crippen molar-refractivity contribution < 1.29 is 9.53 Å². The van der Waals surface area contributed by atoms with Crippen molar-refractivity contribution in [2.75, 3.05) is 0 Å². The summed E-state index contributed by atoms with van der Waals surface area (Å²) in [7, 11) is 0. The molecule has 0 atom stereocenters. The van der Waals surface area contributed by atoms with Gasteiger partial charge in [-0.15, -0.1) is 0 Å². The molecule has 2 aromatic carbocycles. The third-order valence-electron chi connectivity index (χ3n) is 3.07. The Morgan fingerprint density at radius 1 is 1.14 bits per heavy atom. The molecule has 4 nitrogen and oxygen atoms in total. The van der Waals surface area contributed by atoms with E-state index in [1.54, 1.807) is 54.6 Å². The summed E-state index contributed by atoms with van der Waals surface area (Å²) < 4.78 is 5.16. The highest BCUT2D eigenvalue weighted by atomic mass is 35.5. The van der Waals surface area contributed by atoms with Crippen molar-refractivity contribution in [2.45, 2.75) is 0 Å². The predicted molar refractivity (Wildman–Crippen MR) is 83.2 cm³/mol. The van der Waals surface area contributed by atoms with E-state index in [-0.39, 0.29) is 11.6 Å². The zero-order chi connectivity index (χ0) is 15.5. The second-order valence-electron chi connectivity index (χ2n) is 4.55. The number of carbonyl (C=O) groups is 1. The lowest BCUT2D eigenvalue weighted by atomic mass is 10.1. The maximum absolute atomic E-state index is 11.9. The molecule has 1 aliphatic rings. The van der Waals surface area contributed by atoms with Crippen molar-refractivity contribution in [2.24, 2.45) is 4.99 Å². The van der Waals surface area contributed by atoms with Gasteiger partial charge in [0.25, 0.3) is 0 Å². The third kappa shape index (κ3) is 2.76. The molecule has 106 valence electrons. The first kappa shape index (κ1) is 14.1. The molecule has 0 saturated carbocycles. The number of aliphatic imine (C=N–C) groups is 1. The van der Waals surface area contributed by atoms with Crippen LogP contribution in [0.2, 0.25) is 5.02 Å².